The highest BCUT2D eigenvalue weighted by Crippen LogP contribution is 2.37. The quantitative estimate of drug-likeness (QED) is 0.597. The Morgan fingerprint density at radius 3 is 2.74 bits per heavy atom. The Morgan fingerprint density at radius 2 is 1.96 bits per heavy atom. The number of aromatic nitrogens is 1. The summed E-state index contributed by atoms with van der Waals surface area (Å²) in [6.07, 6.45) is 6.75. The van der Waals surface area contributed by atoms with Gasteiger partial charge in [-0.15, -0.1) is 0 Å². The van der Waals surface area contributed by atoms with Gasteiger partial charge in [0.15, 0.2) is 0 Å². The van der Waals surface area contributed by atoms with Crippen molar-refractivity contribution in [3.8, 4) is 11.3 Å². The van der Waals surface area contributed by atoms with Crippen molar-refractivity contribution in [1.29, 1.82) is 0 Å². The molecule has 3 aromatic rings. The maximum Gasteiger partial charge on any atom is 0.143 e. The Hall–Kier alpha value is -2.09. The molecule has 0 saturated heterocycles. The zero-order valence-electron chi connectivity index (χ0n) is 14.1. The van der Waals surface area contributed by atoms with Gasteiger partial charge in [-0.1, -0.05) is 26.0 Å². The minimum Gasteiger partial charge on any atom is -0.460 e. The maximum atomic E-state index is 6.25. The summed E-state index contributed by atoms with van der Waals surface area (Å²) in [6.45, 7) is 6.60. The first-order chi connectivity index (χ1) is 11.1. The maximum absolute atomic E-state index is 6.25. The third kappa shape index (κ3) is 2.37. The van der Waals surface area contributed by atoms with Crippen LogP contribution in [0.2, 0.25) is 0 Å². The fraction of sp³-hybridized carbons (Fsp3) is 0.381. The lowest BCUT2D eigenvalue weighted by molar-refractivity contribution is 0.506. The molecule has 2 heteroatoms. The van der Waals surface area contributed by atoms with Gasteiger partial charge in [-0.25, -0.2) is 0 Å². The first-order valence-electron chi connectivity index (χ1n) is 8.65. The number of hydrogen-bond donors (Lipinski definition) is 0. The van der Waals surface area contributed by atoms with Crippen LogP contribution in [0.1, 0.15) is 55.1 Å². The van der Waals surface area contributed by atoms with Crippen LogP contribution in [0.25, 0.3) is 22.2 Å². The Balaban J connectivity index is 1.89. The number of aryl methyl sites for hydroxylation is 3. The van der Waals surface area contributed by atoms with E-state index in [0.717, 1.165) is 29.7 Å². The summed E-state index contributed by atoms with van der Waals surface area (Å²) in [6, 6.07) is 8.66. The predicted molar refractivity (Wildman–Crippen MR) is 94.9 cm³/mol. The van der Waals surface area contributed by atoms with Crippen LogP contribution < -0.4 is 0 Å². The molecule has 2 aromatic heterocycles. The number of hydrogen-bond acceptors (Lipinski definition) is 2. The summed E-state index contributed by atoms with van der Waals surface area (Å²) in [5.41, 5.74) is 7.20. The van der Waals surface area contributed by atoms with E-state index in [2.05, 4.69) is 45.0 Å². The molecule has 0 atom stereocenters. The molecule has 0 aliphatic heterocycles. The topological polar surface area (TPSA) is 26.0 Å². The minimum atomic E-state index is 0.503. The molecule has 0 fully saturated rings. The summed E-state index contributed by atoms with van der Waals surface area (Å²) in [5, 5.41) is 1.28. The molecule has 0 unspecified atom stereocenters. The van der Waals surface area contributed by atoms with Crippen molar-refractivity contribution in [2.24, 2.45) is 0 Å². The highest BCUT2D eigenvalue weighted by Gasteiger charge is 2.20. The first kappa shape index (κ1) is 14.5. The van der Waals surface area contributed by atoms with E-state index >= 15 is 0 Å². The number of fused-ring (bicyclic) bond motifs is 3. The Kier molecular flexibility index (Phi) is 3.48. The number of para-hydroxylation sites is 1. The Bertz CT molecular complexity index is 873. The summed E-state index contributed by atoms with van der Waals surface area (Å²) in [4.78, 5) is 4.73. The highest BCUT2D eigenvalue weighted by molar-refractivity contribution is 5.94. The number of rotatable bonds is 2. The van der Waals surface area contributed by atoms with E-state index in [0.29, 0.717) is 5.92 Å². The largest absolute Gasteiger partial charge is 0.460 e. The summed E-state index contributed by atoms with van der Waals surface area (Å²) < 4.78 is 6.25. The second kappa shape index (κ2) is 5.52. The normalized spacial score (nSPS) is 14.4. The van der Waals surface area contributed by atoms with Crippen molar-refractivity contribution in [1.82, 2.24) is 4.98 Å². The van der Waals surface area contributed by atoms with Crippen molar-refractivity contribution in [3.05, 3.63) is 52.9 Å². The van der Waals surface area contributed by atoms with Gasteiger partial charge < -0.3 is 4.42 Å². The Labute approximate surface area is 137 Å². The Morgan fingerprint density at radius 1 is 1.13 bits per heavy atom. The van der Waals surface area contributed by atoms with Gasteiger partial charge in [-0.2, -0.15) is 0 Å². The molecule has 23 heavy (non-hydrogen) atoms. The van der Waals surface area contributed by atoms with Crippen LogP contribution in [-0.4, -0.2) is 4.98 Å². The van der Waals surface area contributed by atoms with E-state index in [1.807, 2.05) is 6.20 Å². The molecule has 0 N–H and O–H groups in total. The average Bonchev–Trinajstić information content (AvgIpc) is 2.93. The average molecular weight is 305 g/mol. The van der Waals surface area contributed by atoms with Crippen LogP contribution in [0.5, 0.6) is 0 Å². The van der Waals surface area contributed by atoms with Crippen molar-refractivity contribution >= 4 is 11.0 Å². The van der Waals surface area contributed by atoms with Gasteiger partial charge >= 0.3 is 0 Å². The minimum absolute atomic E-state index is 0.503. The second-order valence-electron chi connectivity index (χ2n) is 6.97. The third-order valence-electron chi connectivity index (χ3n) is 5.03. The second-order valence-corrected chi connectivity index (χ2v) is 6.97. The van der Waals surface area contributed by atoms with Gasteiger partial charge in [0.05, 0.1) is 5.69 Å². The van der Waals surface area contributed by atoms with Crippen molar-refractivity contribution < 1.29 is 4.42 Å². The van der Waals surface area contributed by atoms with Gasteiger partial charge in [-0.3, -0.25) is 4.98 Å². The molecular formula is C21H23NO. The highest BCUT2D eigenvalue weighted by atomic mass is 16.3. The molecule has 0 radical (unpaired) electrons. The van der Waals surface area contributed by atoms with Crippen molar-refractivity contribution in [3.63, 3.8) is 0 Å². The zero-order chi connectivity index (χ0) is 16.0. The third-order valence-corrected chi connectivity index (χ3v) is 5.03. The van der Waals surface area contributed by atoms with Crippen LogP contribution >= 0.6 is 0 Å². The molecule has 2 heterocycles. The molecule has 0 spiro atoms. The van der Waals surface area contributed by atoms with Gasteiger partial charge in [0, 0.05) is 29.1 Å². The van der Waals surface area contributed by atoms with E-state index in [-0.39, 0.29) is 0 Å². The number of nitrogens with zero attached hydrogens (tertiary/aromatic N) is 1. The molecule has 0 bridgehead atoms. The molecule has 0 amide bonds. The fourth-order valence-corrected chi connectivity index (χ4v) is 3.80. The molecule has 1 aliphatic rings. The first-order valence-corrected chi connectivity index (χ1v) is 8.65. The lowest BCUT2D eigenvalue weighted by Crippen LogP contribution is -1.98. The zero-order valence-corrected chi connectivity index (χ0v) is 14.1. The van der Waals surface area contributed by atoms with Gasteiger partial charge in [0.1, 0.15) is 11.3 Å². The predicted octanol–water partition coefficient (Wildman–Crippen LogP) is 5.81. The van der Waals surface area contributed by atoms with Crippen LogP contribution in [0, 0.1) is 6.92 Å². The van der Waals surface area contributed by atoms with Gasteiger partial charge in [0.2, 0.25) is 0 Å². The summed E-state index contributed by atoms with van der Waals surface area (Å²) in [7, 11) is 0. The van der Waals surface area contributed by atoms with Crippen LogP contribution in [0.15, 0.2) is 34.9 Å². The fourth-order valence-electron chi connectivity index (χ4n) is 3.80. The van der Waals surface area contributed by atoms with E-state index in [1.54, 1.807) is 0 Å². The van der Waals surface area contributed by atoms with Crippen LogP contribution in [0.3, 0.4) is 0 Å². The monoisotopic (exact) mass is 305 g/mol. The van der Waals surface area contributed by atoms with Crippen LogP contribution in [-0.2, 0) is 12.8 Å². The van der Waals surface area contributed by atoms with Gasteiger partial charge in [-0.05, 0) is 55.4 Å². The standard InChI is InChI=1S/C21H23NO/c1-13(2)18-12-22-19(11-14(18)3)17-9-6-8-16-15-7-4-5-10-20(15)23-21(16)17/h6,8-9,11-13H,4-5,7,10H2,1-3H3. The molecular weight excluding hydrogens is 282 g/mol. The lowest BCUT2D eigenvalue weighted by atomic mass is 9.94. The van der Waals surface area contributed by atoms with E-state index < -0.39 is 0 Å². The van der Waals surface area contributed by atoms with Crippen LogP contribution in [0.4, 0.5) is 0 Å². The summed E-state index contributed by atoms with van der Waals surface area (Å²) >= 11 is 0. The number of benzene rings is 1. The molecule has 2 nitrogen and oxygen atoms in total. The number of furan rings is 1. The van der Waals surface area contributed by atoms with Crippen molar-refractivity contribution in [2.75, 3.05) is 0 Å². The SMILES string of the molecule is Cc1cc(-c2cccc3c4c(oc23)CCCC4)ncc1C(C)C. The molecule has 4 rings (SSSR count). The molecule has 1 aliphatic carbocycles. The number of pyridine rings is 1. The molecule has 118 valence electrons. The summed E-state index contributed by atoms with van der Waals surface area (Å²) in [5.74, 6) is 1.69. The van der Waals surface area contributed by atoms with E-state index in [4.69, 9.17) is 9.40 Å². The van der Waals surface area contributed by atoms with E-state index in [9.17, 15) is 0 Å². The lowest BCUT2D eigenvalue weighted by Gasteiger charge is -2.11. The van der Waals surface area contributed by atoms with Crippen molar-refractivity contribution in [2.45, 2.75) is 52.4 Å². The van der Waals surface area contributed by atoms with E-state index in [1.165, 1.54) is 40.7 Å². The van der Waals surface area contributed by atoms with Gasteiger partial charge in [0.25, 0.3) is 0 Å². The molecule has 0 saturated carbocycles. The molecule has 1 aromatic carbocycles. The smallest absolute Gasteiger partial charge is 0.143 e.